The molecule has 0 fully saturated rings. The van der Waals surface area contributed by atoms with Crippen LogP contribution in [0.1, 0.15) is 30.0 Å². The maximum Gasteiger partial charge on any atom is -0.0260 e. The summed E-state index contributed by atoms with van der Waals surface area (Å²) in [7, 11) is 0. The van der Waals surface area contributed by atoms with Gasteiger partial charge in [-0.1, -0.05) is 91.9 Å². The van der Waals surface area contributed by atoms with Gasteiger partial charge in [-0.05, 0) is 24.5 Å². The van der Waals surface area contributed by atoms with Gasteiger partial charge < -0.3 is 0 Å². The molecule has 2 aromatic rings. The molecule has 0 heterocycles. The van der Waals surface area contributed by atoms with Crippen molar-refractivity contribution in [3.8, 4) is 0 Å². The third kappa shape index (κ3) is 6.42. The summed E-state index contributed by atoms with van der Waals surface area (Å²) < 4.78 is 0. The van der Waals surface area contributed by atoms with Crippen LogP contribution in [0.4, 0.5) is 0 Å². The summed E-state index contributed by atoms with van der Waals surface area (Å²) in [5.41, 5.74) is 3.76. The fraction of sp³-hybridized carbons (Fsp3) is 0.158. The van der Waals surface area contributed by atoms with Crippen LogP contribution >= 0.6 is 0 Å². The van der Waals surface area contributed by atoms with E-state index in [4.69, 9.17) is 0 Å². The second-order valence-corrected chi connectivity index (χ2v) is 4.34. The Balaban J connectivity index is 0.000000191. The van der Waals surface area contributed by atoms with Crippen molar-refractivity contribution in [2.24, 2.45) is 0 Å². The van der Waals surface area contributed by atoms with E-state index in [9.17, 15) is 0 Å². The van der Waals surface area contributed by atoms with E-state index in [0.717, 1.165) is 6.42 Å². The van der Waals surface area contributed by atoms with Gasteiger partial charge in [0, 0.05) is 0 Å². The predicted molar refractivity (Wildman–Crippen MR) is 87.0 cm³/mol. The molecule has 0 spiro atoms. The largest absolute Gasteiger partial charge is 0.0985 e. The molecule has 0 unspecified atom stereocenters. The Kier molecular flexibility index (Phi) is 7.04. The first kappa shape index (κ1) is 15.0. The Morgan fingerprint density at radius 1 is 0.947 bits per heavy atom. The third-order valence-electron chi connectivity index (χ3n) is 2.62. The molecule has 0 radical (unpaired) electrons. The van der Waals surface area contributed by atoms with Crippen LogP contribution in [0.25, 0.3) is 12.2 Å². The molecule has 0 aliphatic rings. The number of aryl methyl sites for hydroxylation is 1. The molecule has 0 aromatic heterocycles. The standard InChI is InChI=1S/C10H12.C9H10/c1-2-3-7-10-8-5-4-6-9-10;1-3-9-6-4-5-8(2)7-9/h3-9H,2H2,1H3;3-7H,1H2,2H3. The molecule has 0 nitrogen and oxygen atoms in total. The van der Waals surface area contributed by atoms with E-state index in [-0.39, 0.29) is 0 Å². The minimum absolute atomic E-state index is 1.11. The molecule has 0 aliphatic carbocycles. The van der Waals surface area contributed by atoms with Crippen LogP contribution in [0.3, 0.4) is 0 Å². The number of hydrogen-bond donors (Lipinski definition) is 0. The van der Waals surface area contributed by atoms with Crippen molar-refractivity contribution in [1.82, 2.24) is 0 Å². The van der Waals surface area contributed by atoms with Crippen LogP contribution < -0.4 is 0 Å². The van der Waals surface area contributed by atoms with Crippen LogP contribution in [-0.2, 0) is 0 Å². The van der Waals surface area contributed by atoms with Crippen molar-refractivity contribution in [3.63, 3.8) is 0 Å². The SMILES string of the molecule is C=Cc1cccc(C)c1.CCC=Cc1ccccc1. The molecule has 0 saturated carbocycles. The number of allylic oxidation sites excluding steroid dienone is 1. The molecule has 0 aliphatic heterocycles. The minimum Gasteiger partial charge on any atom is -0.0985 e. The summed E-state index contributed by atoms with van der Waals surface area (Å²) in [6.45, 7) is 7.89. The third-order valence-corrected chi connectivity index (χ3v) is 2.62. The fourth-order valence-corrected chi connectivity index (χ4v) is 1.62. The Hall–Kier alpha value is -2.08. The maximum absolute atomic E-state index is 3.67. The highest BCUT2D eigenvalue weighted by molar-refractivity contribution is 5.48. The molecule has 0 N–H and O–H groups in total. The molecule has 2 aromatic carbocycles. The first-order valence-corrected chi connectivity index (χ1v) is 6.67. The molecule has 0 amide bonds. The average Bonchev–Trinajstić information content (AvgIpc) is 2.47. The number of rotatable bonds is 3. The zero-order valence-electron chi connectivity index (χ0n) is 11.8. The van der Waals surface area contributed by atoms with E-state index in [1.54, 1.807) is 0 Å². The second kappa shape index (κ2) is 8.93. The van der Waals surface area contributed by atoms with Gasteiger partial charge in [-0.2, -0.15) is 0 Å². The summed E-state index contributed by atoms with van der Waals surface area (Å²) in [5.74, 6) is 0. The average molecular weight is 250 g/mol. The lowest BCUT2D eigenvalue weighted by molar-refractivity contribution is 1.23. The zero-order chi connectivity index (χ0) is 13.9. The molecular weight excluding hydrogens is 228 g/mol. The molecule has 0 atom stereocenters. The van der Waals surface area contributed by atoms with Crippen molar-refractivity contribution in [2.45, 2.75) is 20.3 Å². The van der Waals surface area contributed by atoms with Crippen molar-refractivity contribution < 1.29 is 0 Å². The highest BCUT2D eigenvalue weighted by Gasteiger charge is 1.83. The van der Waals surface area contributed by atoms with Gasteiger partial charge in [0.2, 0.25) is 0 Å². The van der Waals surface area contributed by atoms with Gasteiger partial charge in [0.05, 0.1) is 0 Å². The van der Waals surface area contributed by atoms with Crippen molar-refractivity contribution in [1.29, 1.82) is 0 Å². The molecule has 0 bridgehead atoms. The van der Waals surface area contributed by atoms with Crippen molar-refractivity contribution >= 4 is 12.2 Å². The Morgan fingerprint density at radius 3 is 2.16 bits per heavy atom. The number of hydrogen-bond acceptors (Lipinski definition) is 0. The van der Waals surface area contributed by atoms with Crippen LogP contribution in [0, 0.1) is 6.92 Å². The maximum atomic E-state index is 3.67. The zero-order valence-corrected chi connectivity index (χ0v) is 11.8. The van der Waals surface area contributed by atoms with E-state index in [0.29, 0.717) is 0 Å². The van der Waals surface area contributed by atoms with Crippen LogP contribution in [0.15, 0.2) is 67.3 Å². The highest BCUT2D eigenvalue weighted by atomic mass is 13.9. The Labute approximate surface area is 117 Å². The smallest absolute Gasteiger partial charge is 0.0260 e. The normalized spacial score (nSPS) is 9.79. The lowest BCUT2D eigenvalue weighted by Crippen LogP contribution is -1.72. The molecular formula is C19H22. The topological polar surface area (TPSA) is 0 Å². The second-order valence-electron chi connectivity index (χ2n) is 4.34. The van der Waals surface area contributed by atoms with Gasteiger partial charge in [-0.25, -0.2) is 0 Å². The van der Waals surface area contributed by atoms with E-state index < -0.39 is 0 Å². The lowest BCUT2D eigenvalue weighted by Gasteiger charge is -1.92. The van der Waals surface area contributed by atoms with E-state index in [2.05, 4.69) is 69.0 Å². The molecule has 0 saturated heterocycles. The van der Waals surface area contributed by atoms with Crippen LogP contribution in [0.5, 0.6) is 0 Å². The van der Waals surface area contributed by atoms with Gasteiger partial charge >= 0.3 is 0 Å². The van der Waals surface area contributed by atoms with Gasteiger partial charge in [0.1, 0.15) is 0 Å². The van der Waals surface area contributed by atoms with Crippen LogP contribution in [-0.4, -0.2) is 0 Å². The minimum atomic E-state index is 1.11. The summed E-state index contributed by atoms with van der Waals surface area (Å²) in [4.78, 5) is 0. The lowest BCUT2D eigenvalue weighted by atomic mass is 10.1. The Morgan fingerprint density at radius 2 is 1.63 bits per heavy atom. The molecule has 98 valence electrons. The van der Waals surface area contributed by atoms with Gasteiger partial charge in [0.25, 0.3) is 0 Å². The van der Waals surface area contributed by atoms with E-state index in [1.807, 2.05) is 24.3 Å². The summed E-state index contributed by atoms with van der Waals surface area (Å²) in [6.07, 6.45) is 7.26. The fourth-order valence-electron chi connectivity index (χ4n) is 1.62. The van der Waals surface area contributed by atoms with Crippen molar-refractivity contribution in [2.75, 3.05) is 0 Å². The first-order chi connectivity index (χ1) is 9.26. The van der Waals surface area contributed by atoms with Crippen LogP contribution in [0.2, 0.25) is 0 Å². The highest BCUT2D eigenvalue weighted by Crippen LogP contribution is 2.03. The Bertz CT molecular complexity index is 507. The number of benzene rings is 2. The van der Waals surface area contributed by atoms with E-state index >= 15 is 0 Å². The molecule has 0 heteroatoms. The predicted octanol–water partition coefficient (Wildman–Crippen LogP) is 5.75. The van der Waals surface area contributed by atoms with Gasteiger partial charge in [-0.3, -0.25) is 0 Å². The van der Waals surface area contributed by atoms with E-state index in [1.165, 1.54) is 16.7 Å². The summed E-state index contributed by atoms with van der Waals surface area (Å²) in [6, 6.07) is 18.6. The first-order valence-electron chi connectivity index (χ1n) is 6.67. The monoisotopic (exact) mass is 250 g/mol. The van der Waals surface area contributed by atoms with Gasteiger partial charge in [0.15, 0.2) is 0 Å². The molecule has 2 rings (SSSR count). The summed E-state index contributed by atoms with van der Waals surface area (Å²) >= 11 is 0. The van der Waals surface area contributed by atoms with Crippen molar-refractivity contribution in [3.05, 3.63) is 83.9 Å². The molecule has 19 heavy (non-hydrogen) atoms. The summed E-state index contributed by atoms with van der Waals surface area (Å²) in [5, 5.41) is 0. The quantitative estimate of drug-likeness (QED) is 0.651. The van der Waals surface area contributed by atoms with Gasteiger partial charge in [-0.15, -0.1) is 0 Å².